The van der Waals surface area contributed by atoms with Crippen molar-refractivity contribution in [2.24, 2.45) is 0 Å². The van der Waals surface area contributed by atoms with Crippen LogP contribution in [0.1, 0.15) is 25.6 Å². The molecule has 0 unspecified atom stereocenters. The van der Waals surface area contributed by atoms with Crippen molar-refractivity contribution in [3.8, 4) is 0 Å². The number of imidazole rings is 1. The molecule has 3 rings (SSSR count). The Labute approximate surface area is 151 Å². The number of aryl methyl sites for hydroxylation is 1. The molecule has 0 aliphatic carbocycles. The molecule has 2 aliphatic rings. The van der Waals surface area contributed by atoms with E-state index in [0.29, 0.717) is 25.9 Å². The van der Waals surface area contributed by atoms with Crippen molar-refractivity contribution in [1.82, 2.24) is 24.3 Å². The lowest BCUT2D eigenvalue weighted by atomic mass is 10.0. The largest absolute Gasteiger partial charge is 0.406 e. The Bertz CT molecular complexity index is 610. The van der Waals surface area contributed by atoms with Crippen molar-refractivity contribution in [3.63, 3.8) is 0 Å². The van der Waals surface area contributed by atoms with Crippen LogP contribution in [0.2, 0.25) is 0 Å². The third kappa shape index (κ3) is 4.56. The van der Waals surface area contributed by atoms with Crippen LogP contribution in [0, 0.1) is 0 Å². The third-order valence-electron chi connectivity index (χ3n) is 5.23. The van der Waals surface area contributed by atoms with E-state index >= 15 is 0 Å². The Morgan fingerprint density at radius 2 is 1.92 bits per heavy atom. The minimum Gasteiger partial charge on any atom is -0.334 e. The highest BCUT2D eigenvalue weighted by Crippen LogP contribution is 2.24. The molecule has 146 valence electrons. The van der Waals surface area contributed by atoms with Gasteiger partial charge in [-0.3, -0.25) is 14.6 Å². The van der Waals surface area contributed by atoms with Crippen molar-refractivity contribution in [3.05, 3.63) is 18.2 Å². The third-order valence-corrected chi connectivity index (χ3v) is 5.23. The molecule has 0 radical (unpaired) electrons. The summed E-state index contributed by atoms with van der Waals surface area (Å²) in [5.41, 5.74) is 0. The quantitative estimate of drug-likeness (QED) is 0.786. The van der Waals surface area contributed by atoms with E-state index in [-0.39, 0.29) is 12.5 Å². The summed E-state index contributed by atoms with van der Waals surface area (Å²) in [5, 5.41) is 0. The van der Waals surface area contributed by atoms with E-state index in [9.17, 15) is 18.0 Å². The summed E-state index contributed by atoms with van der Waals surface area (Å²) in [5.74, 6) is 0.648. The molecule has 0 aromatic carbocycles. The second-order valence-electron chi connectivity index (χ2n) is 6.97. The van der Waals surface area contributed by atoms with E-state index in [1.54, 1.807) is 6.20 Å². The summed E-state index contributed by atoms with van der Waals surface area (Å²) in [4.78, 5) is 22.2. The first-order chi connectivity index (χ1) is 12.4. The van der Waals surface area contributed by atoms with Gasteiger partial charge in [-0.05, 0) is 19.8 Å². The number of alkyl halides is 3. The van der Waals surface area contributed by atoms with E-state index in [1.165, 1.54) is 0 Å². The van der Waals surface area contributed by atoms with Crippen LogP contribution in [0.15, 0.2) is 12.4 Å². The molecule has 1 atom stereocenters. The summed E-state index contributed by atoms with van der Waals surface area (Å²) in [6.45, 7) is 5.75. The summed E-state index contributed by atoms with van der Waals surface area (Å²) >= 11 is 0. The average molecular weight is 373 g/mol. The van der Waals surface area contributed by atoms with E-state index in [0.717, 1.165) is 36.9 Å². The summed E-state index contributed by atoms with van der Waals surface area (Å²) < 4.78 is 40.1. The number of likely N-dealkylation sites (tertiary alicyclic amines) is 1. The molecule has 26 heavy (non-hydrogen) atoms. The first-order valence-corrected chi connectivity index (χ1v) is 9.19. The summed E-state index contributed by atoms with van der Waals surface area (Å²) in [6.07, 6.45) is 0.692. The highest BCUT2D eigenvalue weighted by molar-refractivity contribution is 5.82. The van der Waals surface area contributed by atoms with Gasteiger partial charge in [-0.25, -0.2) is 4.98 Å². The highest BCUT2D eigenvalue weighted by atomic mass is 19.4. The predicted molar refractivity (Wildman–Crippen MR) is 90.4 cm³/mol. The molecular formula is C17H26F3N5O. The number of halogens is 3. The smallest absolute Gasteiger partial charge is 0.334 e. The number of nitrogens with zero attached hydrogens (tertiary/aromatic N) is 5. The van der Waals surface area contributed by atoms with Crippen LogP contribution in [0.4, 0.5) is 13.2 Å². The van der Waals surface area contributed by atoms with Gasteiger partial charge in [-0.1, -0.05) is 0 Å². The fraction of sp³-hybridized carbons (Fsp3) is 0.765. The molecule has 1 amide bonds. The van der Waals surface area contributed by atoms with Gasteiger partial charge in [0.2, 0.25) is 5.91 Å². The van der Waals surface area contributed by atoms with Crippen molar-refractivity contribution in [1.29, 1.82) is 0 Å². The van der Waals surface area contributed by atoms with Gasteiger partial charge in [0.05, 0.1) is 12.6 Å². The number of piperazine rings is 1. The molecular weight excluding hydrogens is 347 g/mol. The molecule has 0 saturated carbocycles. The minimum absolute atomic E-state index is 0.203. The number of carbonyl (C=O) groups is 1. The molecule has 3 heterocycles. The van der Waals surface area contributed by atoms with E-state index in [2.05, 4.69) is 21.4 Å². The molecule has 9 heteroatoms. The zero-order chi connectivity index (χ0) is 18.7. The lowest BCUT2D eigenvalue weighted by Gasteiger charge is -2.42. The fourth-order valence-electron chi connectivity index (χ4n) is 3.84. The lowest BCUT2D eigenvalue weighted by molar-refractivity contribution is -0.168. The van der Waals surface area contributed by atoms with Gasteiger partial charge in [-0.15, -0.1) is 0 Å². The van der Waals surface area contributed by atoms with Crippen molar-refractivity contribution >= 4 is 5.91 Å². The number of aromatic nitrogens is 2. The van der Waals surface area contributed by atoms with Crippen LogP contribution in [0.5, 0.6) is 0 Å². The Morgan fingerprint density at radius 1 is 1.19 bits per heavy atom. The molecule has 1 aromatic rings. The lowest BCUT2D eigenvalue weighted by Crippen LogP contribution is -2.58. The maximum Gasteiger partial charge on any atom is 0.406 e. The van der Waals surface area contributed by atoms with Crippen LogP contribution in [0.25, 0.3) is 0 Å². The fourth-order valence-corrected chi connectivity index (χ4v) is 3.84. The van der Waals surface area contributed by atoms with Crippen molar-refractivity contribution < 1.29 is 18.0 Å². The van der Waals surface area contributed by atoms with Crippen LogP contribution < -0.4 is 0 Å². The van der Waals surface area contributed by atoms with Crippen LogP contribution in [-0.4, -0.2) is 81.6 Å². The Balaban J connectivity index is 1.53. The first-order valence-electron chi connectivity index (χ1n) is 9.19. The van der Waals surface area contributed by atoms with Gasteiger partial charge in [0.1, 0.15) is 12.4 Å². The molecule has 0 spiro atoms. The molecule has 2 saturated heterocycles. The molecule has 2 aliphatic heterocycles. The molecule has 1 aromatic heterocycles. The van der Waals surface area contributed by atoms with E-state index < -0.39 is 18.8 Å². The molecule has 6 nitrogen and oxygen atoms in total. The maximum atomic E-state index is 12.7. The Kier molecular flexibility index (Phi) is 5.86. The molecule has 0 bridgehead atoms. The monoisotopic (exact) mass is 373 g/mol. The normalized spacial score (nSPS) is 23.6. The van der Waals surface area contributed by atoms with Gasteiger partial charge >= 0.3 is 6.18 Å². The minimum atomic E-state index is -4.34. The van der Waals surface area contributed by atoms with Gasteiger partial charge < -0.3 is 9.47 Å². The van der Waals surface area contributed by atoms with Gasteiger partial charge in [-0.2, -0.15) is 13.2 Å². The van der Waals surface area contributed by atoms with Crippen molar-refractivity contribution in [2.45, 2.75) is 45.1 Å². The number of carbonyl (C=O) groups excluding carboxylic acids is 1. The van der Waals surface area contributed by atoms with Gasteiger partial charge in [0.25, 0.3) is 0 Å². The maximum absolute atomic E-state index is 12.7. The first kappa shape index (κ1) is 19.2. The standard InChI is InChI=1S/C17H26F3N5O/c1-2-23-7-5-21-15(23)12-22-8-10-24(11-9-22)14-4-3-6-25(16(14)26)13-17(18,19)20/h5,7,14H,2-4,6,8-13H2,1H3/t14-/m0/s1. The Hall–Kier alpha value is -1.61. The zero-order valence-electron chi connectivity index (χ0n) is 15.1. The van der Waals surface area contributed by atoms with Gasteiger partial charge in [0.15, 0.2) is 0 Å². The van der Waals surface area contributed by atoms with E-state index in [1.807, 2.05) is 11.1 Å². The SMILES string of the molecule is CCn1ccnc1CN1CCN([C@H]2CCCN(CC(F)(F)F)C2=O)CC1. The number of rotatable bonds is 5. The highest BCUT2D eigenvalue weighted by Gasteiger charge is 2.39. The second-order valence-corrected chi connectivity index (χ2v) is 6.97. The number of hydrogen-bond acceptors (Lipinski definition) is 4. The molecule has 0 N–H and O–H groups in total. The number of piperidine rings is 1. The van der Waals surface area contributed by atoms with Crippen molar-refractivity contribution in [2.75, 3.05) is 39.3 Å². The van der Waals surface area contributed by atoms with Gasteiger partial charge in [0, 0.05) is 51.7 Å². The predicted octanol–water partition coefficient (Wildman–Crippen LogP) is 1.57. The topological polar surface area (TPSA) is 44.6 Å². The van der Waals surface area contributed by atoms with Crippen LogP contribution in [0.3, 0.4) is 0 Å². The number of amides is 1. The molecule has 2 fully saturated rings. The second kappa shape index (κ2) is 7.96. The van der Waals surface area contributed by atoms with Crippen LogP contribution in [-0.2, 0) is 17.9 Å². The number of hydrogen-bond donors (Lipinski definition) is 0. The zero-order valence-corrected chi connectivity index (χ0v) is 15.1. The summed E-state index contributed by atoms with van der Waals surface area (Å²) in [7, 11) is 0. The van der Waals surface area contributed by atoms with Crippen LogP contribution >= 0.6 is 0 Å². The average Bonchev–Trinajstić information content (AvgIpc) is 3.04. The Morgan fingerprint density at radius 3 is 2.58 bits per heavy atom. The van der Waals surface area contributed by atoms with E-state index in [4.69, 9.17) is 0 Å². The summed E-state index contributed by atoms with van der Waals surface area (Å²) in [6, 6.07) is -0.411.